The third-order valence-corrected chi connectivity index (χ3v) is 11.4. The zero-order chi connectivity index (χ0) is 38.2. The summed E-state index contributed by atoms with van der Waals surface area (Å²) in [6.07, 6.45) is 2.15. The van der Waals surface area contributed by atoms with Crippen LogP contribution in [0.4, 0.5) is 10.7 Å². The highest BCUT2D eigenvalue weighted by Gasteiger charge is 2.30. The third kappa shape index (κ3) is 9.79. The first-order valence-electron chi connectivity index (χ1n) is 17.0. The lowest BCUT2D eigenvalue weighted by atomic mass is 10.0. The van der Waals surface area contributed by atoms with Crippen LogP contribution in [0.25, 0.3) is 6.08 Å². The second-order valence-corrected chi connectivity index (χ2v) is 15.8. The standard InChI is InChI=1S/C41H36Cl2N4O5S2/c1-25(37(48)46-40-36(41(51)52-2)32-18-19-47(24-35(32)54-40)23-26-10-5-3-6-11-26)53-31-15-9-14-30(22-31)44-39(50)34(20-28-16-17-29(42)21-33(28)43)45-38(49)27-12-7-4-8-13-27/h3-17,20-22,25H,18-19,23-24H2,1-2H3,(H,44,50)(H,45,49)(H,46,48)/b34-20+. The van der Waals surface area contributed by atoms with Crippen LogP contribution in [0.1, 0.15) is 49.2 Å². The van der Waals surface area contributed by atoms with E-state index in [1.165, 1.54) is 41.8 Å². The van der Waals surface area contributed by atoms with E-state index in [1.54, 1.807) is 73.7 Å². The summed E-state index contributed by atoms with van der Waals surface area (Å²) in [4.78, 5) is 57.3. The number of carbonyl (C=O) groups is 4. The van der Waals surface area contributed by atoms with Gasteiger partial charge in [-0.3, -0.25) is 19.3 Å². The van der Waals surface area contributed by atoms with Crippen molar-refractivity contribution in [2.24, 2.45) is 0 Å². The van der Waals surface area contributed by atoms with Crippen molar-refractivity contribution in [3.8, 4) is 0 Å². The average Bonchev–Trinajstić information content (AvgIpc) is 3.52. The zero-order valence-electron chi connectivity index (χ0n) is 29.4. The Hall–Kier alpha value is -4.91. The van der Waals surface area contributed by atoms with Crippen molar-refractivity contribution in [3.63, 3.8) is 0 Å². The number of carbonyl (C=O) groups excluding carboxylic acids is 4. The number of amides is 3. The van der Waals surface area contributed by atoms with E-state index in [9.17, 15) is 19.2 Å². The molecule has 1 unspecified atom stereocenters. The van der Waals surface area contributed by atoms with E-state index < -0.39 is 23.0 Å². The minimum atomic E-state index is -0.586. The lowest BCUT2D eigenvalue weighted by Crippen LogP contribution is -2.30. The number of ether oxygens (including phenoxy) is 1. The van der Waals surface area contributed by atoms with Crippen LogP contribution in [0.5, 0.6) is 0 Å². The Morgan fingerprint density at radius 2 is 1.67 bits per heavy atom. The Labute approximate surface area is 331 Å². The highest BCUT2D eigenvalue weighted by atomic mass is 35.5. The van der Waals surface area contributed by atoms with Crippen molar-refractivity contribution in [1.29, 1.82) is 0 Å². The average molecular weight is 800 g/mol. The van der Waals surface area contributed by atoms with Crippen LogP contribution in [-0.2, 0) is 33.8 Å². The molecular weight excluding hydrogens is 764 g/mol. The molecule has 0 radical (unpaired) electrons. The fourth-order valence-corrected chi connectivity index (χ4v) is 8.54. The summed E-state index contributed by atoms with van der Waals surface area (Å²) in [5.41, 5.74) is 3.80. The summed E-state index contributed by atoms with van der Waals surface area (Å²) < 4.78 is 5.13. The van der Waals surface area contributed by atoms with Crippen LogP contribution in [0.3, 0.4) is 0 Å². The molecule has 4 aromatic carbocycles. The largest absolute Gasteiger partial charge is 0.465 e. The molecule has 5 aromatic rings. The molecular formula is C41H36Cl2N4O5S2. The Kier molecular flexibility index (Phi) is 12.9. The van der Waals surface area contributed by atoms with Crippen molar-refractivity contribution >= 4 is 86.8 Å². The van der Waals surface area contributed by atoms with Crippen molar-refractivity contribution in [2.45, 2.75) is 36.6 Å². The van der Waals surface area contributed by atoms with Gasteiger partial charge in [-0.05, 0) is 78.6 Å². The number of anilines is 2. The first-order valence-corrected chi connectivity index (χ1v) is 19.4. The third-order valence-electron chi connectivity index (χ3n) is 8.58. The lowest BCUT2D eigenvalue weighted by Gasteiger charge is -2.27. The number of fused-ring (bicyclic) bond motifs is 1. The summed E-state index contributed by atoms with van der Waals surface area (Å²) in [5.74, 6) is -1.82. The number of methoxy groups -OCH3 is 1. The van der Waals surface area contributed by atoms with E-state index in [0.717, 1.165) is 23.5 Å². The molecule has 0 saturated carbocycles. The van der Waals surface area contributed by atoms with E-state index >= 15 is 0 Å². The predicted molar refractivity (Wildman–Crippen MR) is 217 cm³/mol. The number of thiophene rings is 1. The Morgan fingerprint density at radius 1 is 0.926 bits per heavy atom. The van der Waals surface area contributed by atoms with Crippen LogP contribution >= 0.6 is 46.3 Å². The van der Waals surface area contributed by atoms with E-state index in [0.29, 0.717) is 55.3 Å². The molecule has 6 rings (SSSR count). The molecule has 1 atom stereocenters. The summed E-state index contributed by atoms with van der Waals surface area (Å²) in [6, 6.07) is 30.6. The van der Waals surface area contributed by atoms with Gasteiger partial charge in [0.15, 0.2) is 0 Å². The van der Waals surface area contributed by atoms with Crippen molar-refractivity contribution in [1.82, 2.24) is 10.2 Å². The molecule has 0 saturated heterocycles. The molecule has 0 bridgehead atoms. The van der Waals surface area contributed by atoms with Crippen molar-refractivity contribution in [3.05, 3.63) is 152 Å². The summed E-state index contributed by atoms with van der Waals surface area (Å²) in [7, 11) is 1.34. The van der Waals surface area contributed by atoms with Gasteiger partial charge >= 0.3 is 5.97 Å². The minimum absolute atomic E-state index is 0.0397. The number of hydrogen-bond donors (Lipinski definition) is 3. The van der Waals surface area contributed by atoms with E-state index in [2.05, 4.69) is 33.0 Å². The van der Waals surface area contributed by atoms with Crippen molar-refractivity contribution < 1.29 is 23.9 Å². The smallest absolute Gasteiger partial charge is 0.341 e. The van der Waals surface area contributed by atoms with Gasteiger partial charge in [-0.25, -0.2) is 4.79 Å². The Morgan fingerprint density at radius 3 is 2.39 bits per heavy atom. The molecule has 13 heteroatoms. The van der Waals surface area contributed by atoms with Gasteiger partial charge in [0.05, 0.1) is 17.9 Å². The lowest BCUT2D eigenvalue weighted by molar-refractivity contribution is -0.115. The summed E-state index contributed by atoms with van der Waals surface area (Å²) >= 11 is 15.2. The summed E-state index contributed by atoms with van der Waals surface area (Å²) in [5, 5.41) is 9.19. The van der Waals surface area contributed by atoms with Crippen LogP contribution < -0.4 is 16.0 Å². The molecule has 2 heterocycles. The van der Waals surface area contributed by atoms with Crippen LogP contribution in [0, 0.1) is 0 Å². The van der Waals surface area contributed by atoms with Crippen LogP contribution in [0.2, 0.25) is 10.0 Å². The maximum absolute atomic E-state index is 13.6. The highest BCUT2D eigenvalue weighted by Crippen LogP contribution is 2.39. The van der Waals surface area contributed by atoms with Crippen molar-refractivity contribution in [2.75, 3.05) is 24.3 Å². The topological polar surface area (TPSA) is 117 Å². The molecule has 0 fully saturated rings. The number of rotatable bonds is 12. The highest BCUT2D eigenvalue weighted by molar-refractivity contribution is 8.00. The second-order valence-electron chi connectivity index (χ2n) is 12.4. The number of halogens is 2. The second kappa shape index (κ2) is 17.9. The molecule has 276 valence electrons. The maximum atomic E-state index is 13.6. The predicted octanol–water partition coefficient (Wildman–Crippen LogP) is 8.93. The molecule has 1 aromatic heterocycles. The number of hydrogen-bond acceptors (Lipinski definition) is 8. The van der Waals surface area contributed by atoms with Gasteiger partial charge in [0.25, 0.3) is 11.8 Å². The molecule has 0 spiro atoms. The molecule has 1 aliphatic heterocycles. The quantitative estimate of drug-likeness (QED) is 0.0656. The minimum Gasteiger partial charge on any atom is -0.465 e. The number of nitrogens with one attached hydrogen (secondary N) is 3. The molecule has 0 aliphatic carbocycles. The fourth-order valence-electron chi connectivity index (χ4n) is 5.87. The number of esters is 1. The molecule has 3 N–H and O–H groups in total. The number of nitrogens with zero attached hydrogens (tertiary/aromatic N) is 1. The van der Waals surface area contributed by atoms with Gasteiger partial charge in [0.1, 0.15) is 10.7 Å². The molecule has 54 heavy (non-hydrogen) atoms. The SMILES string of the molecule is COC(=O)c1c(NC(=O)C(C)Sc2cccc(NC(=O)/C(=C\c3ccc(Cl)cc3Cl)NC(=O)c3ccccc3)c2)sc2c1CCN(Cc1ccccc1)C2. The van der Waals surface area contributed by atoms with E-state index in [4.69, 9.17) is 27.9 Å². The van der Waals surface area contributed by atoms with Gasteiger partial charge in [0.2, 0.25) is 5.91 Å². The van der Waals surface area contributed by atoms with Gasteiger partial charge in [-0.15, -0.1) is 23.1 Å². The van der Waals surface area contributed by atoms with Crippen LogP contribution in [0.15, 0.2) is 114 Å². The number of thioether (sulfide) groups is 1. The van der Waals surface area contributed by atoms with E-state index in [1.807, 2.05) is 24.3 Å². The summed E-state index contributed by atoms with van der Waals surface area (Å²) in [6.45, 7) is 4.00. The fraction of sp³-hybridized carbons (Fsp3) is 0.171. The molecule has 1 aliphatic rings. The monoisotopic (exact) mass is 798 g/mol. The van der Waals surface area contributed by atoms with Gasteiger partial charge in [-0.1, -0.05) is 83.9 Å². The van der Waals surface area contributed by atoms with Gasteiger partial charge in [-0.2, -0.15) is 0 Å². The maximum Gasteiger partial charge on any atom is 0.341 e. The molecule has 9 nitrogen and oxygen atoms in total. The normalized spacial score (nSPS) is 13.4. The Balaban J connectivity index is 1.14. The van der Waals surface area contributed by atoms with Gasteiger partial charge < -0.3 is 20.7 Å². The van der Waals surface area contributed by atoms with Crippen LogP contribution in [-0.4, -0.2) is 47.5 Å². The van der Waals surface area contributed by atoms with E-state index in [-0.39, 0.29) is 11.6 Å². The van der Waals surface area contributed by atoms with Gasteiger partial charge in [0, 0.05) is 50.7 Å². The first kappa shape index (κ1) is 38.8. The Bertz CT molecular complexity index is 2210. The zero-order valence-corrected chi connectivity index (χ0v) is 32.5. The number of benzene rings is 4. The molecule has 3 amide bonds. The first-order chi connectivity index (χ1) is 26.1.